The third kappa shape index (κ3) is 4.34. The molecular weight excluding hydrogens is 295 g/mol. The molecule has 0 aromatic heterocycles. The number of aryl methyl sites for hydroxylation is 1. The van der Waals surface area contributed by atoms with E-state index in [1.807, 2.05) is 31.2 Å². The minimum atomic E-state index is -1.67. The molecule has 0 bridgehead atoms. The molecule has 0 saturated carbocycles. The van der Waals surface area contributed by atoms with E-state index in [4.69, 9.17) is 4.74 Å². The number of rotatable bonds is 6. The standard InChI is InChI=1S/C17H19BO5/c1-12-5-3-4-6-13(12)9-10-23-16-11-14(17(19)22-2)7-8-15(16)18(20)21/h3-8,11,20-21H,9-10H2,1-2H3. The summed E-state index contributed by atoms with van der Waals surface area (Å²) in [5, 5.41) is 18.8. The number of carbonyl (C=O) groups excluding carboxylic acids is 1. The van der Waals surface area contributed by atoms with Gasteiger partial charge in [0.2, 0.25) is 0 Å². The first-order valence-electron chi connectivity index (χ1n) is 7.28. The van der Waals surface area contributed by atoms with Crippen LogP contribution in [0.15, 0.2) is 42.5 Å². The molecule has 0 aliphatic rings. The zero-order chi connectivity index (χ0) is 16.8. The van der Waals surface area contributed by atoms with Gasteiger partial charge in [0, 0.05) is 11.9 Å². The van der Waals surface area contributed by atoms with Crippen LogP contribution < -0.4 is 10.2 Å². The van der Waals surface area contributed by atoms with Gasteiger partial charge in [0.1, 0.15) is 5.75 Å². The SMILES string of the molecule is COC(=O)c1ccc(B(O)O)c(OCCc2ccccc2C)c1. The summed E-state index contributed by atoms with van der Waals surface area (Å²) in [5.74, 6) is -0.246. The van der Waals surface area contributed by atoms with Gasteiger partial charge in [-0.15, -0.1) is 0 Å². The van der Waals surface area contributed by atoms with Crippen molar-refractivity contribution in [3.8, 4) is 5.75 Å². The molecule has 2 aromatic carbocycles. The molecule has 0 unspecified atom stereocenters. The third-order valence-electron chi connectivity index (χ3n) is 3.60. The van der Waals surface area contributed by atoms with Crippen molar-refractivity contribution >= 4 is 18.6 Å². The van der Waals surface area contributed by atoms with Crippen LogP contribution in [0.5, 0.6) is 5.75 Å². The fraction of sp³-hybridized carbons (Fsp3) is 0.235. The molecule has 0 spiro atoms. The quantitative estimate of drug-likeness (QED) is 0.616. The Labute approximate surface area is 135 Å². The van der Waals surface area contributed by atoms with Crippen molar-refractivity contribution < 1.29 is 24.3 Å². The minimum Gasteiger partial charge on any atom is -0.494 e. The van der Waals surface area contributed by atoms with Crippen molar-refractivity contribution in [1.82, 2.24) is 0 Å². The maximum absolute atomic E-state index is 11.6. The normalized spacial score (nSPS) is 10.3. The minimum absolute atomic E-state index is 0.211. The van der Waals surface area contributed by atoms with Gasteiger partial charge in [-0.1, -0.05) is 30.3 Å². The first-order valence-corrected chi connectivity index (χ1v) is 7.28. The van der Waals surface area contributed by atoms with Crippen LogP contribution in [0.2, 0.25) is 0 Å². The molecule has 6 heteroatoms. The molecule has 2 rings (SSSR count). The van der Waals surface area contributed by atoms with Gasteiger partial charge in [0.25, 0.3) is 0 Å². The summed E-state index contributed by atoms with van der Waals surface area (Å²) in [4.78, 5) is 11.6. The summed E-state index contributed by atoms with van der Waals surface area (Å²) in [6.07, 6.45) is 0.677. The van der Waals surface area contributed by atoms with Crippen molar-refractivity contribution in [2.75, 3.05) is 13.7 Å². The van der Waals surface area contributed by atoms with Gasteiger partial charge in [-0.25, -0.2) is 4.79 Å². The number of hydrogen-bond donors (Lipinski definition) is 2. The maximum atomic E-state index is 11.6. The van der Waals surface area contributed by atoms with Crippen LogP contribution in [-0.4, -0.2) is 36.9 Å². The molecule has 0 aliphatic carbocycles. The summed E-state index contributed by atoms with van der Waals surface area (Å²) in [6.45, 7) is 2.38. The van der Waals surface area contributed by atoms with Crippen molar-refractivity contribution in [3.05, 3.63) is 59.2 Å². The Morgan fingerprint density at radius 3 is 2.57 bits per heavy atom. The molecule has 0 heterocycles. The summed E-state index contributed by atoms with van der Waals surface area (Å²) >= 11 is 0. The molecule has 0 atom stereocenters. The molecular formula is C17H19BO5. The Kier molecular flexibility index (Phi) is 5.79. The highest BCUT2D eigenvalue weighted by atomic mass is 16.5. The fourth-order valence-corrected chi connectivity index (χ4v) is 2.28. The summed E-state index contributed by atoms with van der Waals surface area (Å²) in [6, 6.07) is 12.3. The van der Waals surface area contributed by atoms with E-state index >= 15 is 0 Å². The van der Waals surface area contributed by atoms with Crippen LogP contribution in [0.3, 0.4) is 0 Å². The Balaban J connectivity index is 2.13. The summed E-state index contributed by atoms with van der Waals surface area (Å²) in [7, 11) is -0.384. The molecule has 0 amide bonds. The largest absolute Gasteiger partial charge is 0.494 e. The molecule has 0 aliphatic heterocycles. The second-order valence-corrected chi connectivity index (χ2v) is 5.14. The van der Waals surface area contributed by atoms with E-state index in [-0.39, 0.29) is 11.2 Å². The van der Waals surface area contributed by atoms with Crippen LogP contribution in [0.25, 0.3) is 0 Å². The lowest BCUT2D eigenvalue weighted by molar-refractivity contribution is 0.0600. The molecule has 0 radical (unpaired) electrons. The first-order chi connectivity index (χ1) is 11.0. The molecule has 5 nitrogen and oxygen atoms in total. The Bertz CT molecular complexity index is 684. The van der Waals surface area contributed by atoms with Gasteiger partial charge < -0.3 is 19.5 Å². The summed E-state index contributed by atoms with van der Waals surface area (Å²) in [5.41, 5.74) is 2.83. The van der Waals surface area contributed by atoms with E-state index in [1.165, 1.54) is 30.9 Å². The fourth-order valence-electron chi connectivity index (χ4n) is 2.28. The highest BCUT2D eigenvalue weighted by Crippen LogP contribution is 2.14. The number of hydrogen-bond acceptors (Lipinski definition) is 5. The molecule has 2 N–H and O–H groups in total. The maximum Gasteiger partial charge on any atom is 0.492 e. The van der Waals surface area contributed by atoms with Crippen molar-refractivity contribution in [2.24, 2.45) is 0 Å². The predicted molar refractivity (Wildman–Crippen MR) is 88.0 cm³/mol. The van der Waals surface area contributed by atoms with Gasteiger partial charge in [-0.3, -0.25) is 0 Å². The van der Waals surface area contributed by atoms with Crippen LogP contribution in [0.4, 0.5) is 0 Å². The van der Waals surface area contributed by atoms with Crippen molar-refractivity contribution in [2.45, 2.75) is 13.3 Å². The van der Waals surface area contributed by atoms with Crippen LogP contribution >= 0.6 is 0 Å². The van der Waals surface area contributed by atoms with Crippen LogP contribution in [0, 0.1) is 6.92 Å². The van der Waals surface area contributed by atoms with Gasteiger partial charge in [-0.05, 0) is 30.2 Å². The van der Waals surface area contributed by atoms with Crippen LogP contribution in [-0.2, 0) is 11.2 Å². The molecule has 23 heavy (non-hydrogen) atoms. The predicted octanol–water partition coefficient (Wildman–Crippen LogP) is 1.08. The number of ether oxygens (including phenoxy) is 2. The van der Waals surface area contributed by atoms with Crippen LogP contribution in [0.1, 0.15) is 21.5 Å². The number of esters is 1. The van der Waals surface area contributed by atoms with E-state index in [2.05, 4.69) is 4.74 Å². The Morgan fingerprint density at radius 1 is 1.17 bits per heavy atom. The van der Waals surface area contributed by atoms with E-state index < -0.39 is 13.1 Å². The second kappa shape index (κ2) is 7.81. The highest BCUT2D eigenvalue weighted by Gasteiger charge is 2.19. The van der Waals surface area contributed by atoms with Crippen molar-refractivity contribution in [3.63, 3.8) is 0 Å². The number of methoxy groups -OCH3 is 1. The smallest absolute Gasteiger partial charge is 0.492 e. The molecule has 0 fully saturated rings. The Morgan fingerprint density at radius 2 is 1.91 bits per heavy atom. The third-order valence-corrected chi connectivity index (χ3v) is 3.60. The zero-order valence-electron chi connectivity index (χ0n) is 13.2. The first kappa shape index (κ1) is 17.1. The van der Waals surface area contributed by atoms with E-state index in [9.17, 15) is 14.8 Å². The molecule has 0 saturated heterocycles. The topological polar surface area (TPSA) is 76.0 Å². The van der Waals surface area contributed by atoms with Gasteiger partial charge in [-0.2, -0.15) is 0 Å². The Hall–Kier alpha value is -2.31. The van der Waals surface area contributed by atoms with Gasteiger partial charge in [0.15, 0.2) is 0 Å². The summed E-state index contributed by atoms with van der Waals surface area (Å²) < 4.78 is 10.3. The number of benzene rings is 2. The van der Waals surface area contributed by atoms with E-state index in [0.29, 0.717) is 18.6 Å². The van der Waals surface area contributed by atoms with Gasteiger partial charge in [0.05, 0.1) is 19.3 Å². The lowest BCUT2D eigenvalue weighted by Gasteiger charge is -2.13. The van der Waals surface area contributed by atoms with Gasteiger partial charge >= 0.3 is 13.1 Å². The highest BCUT2D eigenvalue weighted by molar-refractivity contribution is 6.59. The average molecular weight is 314 g/mol. The van der Waals surface area contributed by atoms with Crippen molar-refractivity contribution in [1.29, 1.82) is 0 Å². The molecule has 2 aromatic rings. The van der Waals surface area contributed by atoms with E-state index in [0.717, 1.165) is 5.56 Å². The lowest BCUT2D eigenvalue weighted by atomic mass is 9.79. The zero-order valence-corrected chi connectivity index (χ0v) is 13.2. The monoisotopic (exact) mass is 314 g/mol. The van der Waals surface area contributed by atoms with E-state index in [1.54, 1.807) is 0 Å². The second-order valence-electron chi connectivity index (χ2n) is 5.14. The molecule has 120 valence electrons. The average Bonchev–Trinajstić information content (AvgIpc) is 2.55. The number of carbonyl (C=O) groups is 1. The lowest BCUT2D eigenvalue weighted by Crippen LogP contribution is -2.32.